The number of carbonyl (C=O) groups excluding carboxylic acids is 2. The minimum atomic E-state index is -3.63. The molecular formula is C21H23Cl2N3O4S. The molecule has 31 heavy (non-hydrogen) atoms. The van der Waals surface area contributed by atoms with E-state index in [2.05, 4.69) is 5.32 Å². The third kappa shape index (κ3) is 5.38. The molecule has 0 spiro atoms. The fourth-order valence-electron chi connectivity index (χ4n) is 3.34. The normalized spacial score (nSPS) is 15.0. The van der Waals surface area contributed by atoms with Crippen molar-refractivity contribution in [3.8, 4) is 0 Å². The maximum absolute atomic E-state index is 13.0. The number of halogens is 2. The van der Waals surface area contributed by atoms with Gasteiger partial charge in [0.1, 0.15) is 0 Å². The van der Waals surface area contributed by atoms with Gasteiger partial charge in [0.2, 0.25) is 15.9 Å². The summed E-state index contributed by atoms with van der Waals surface area (Å²) >= 11 is 11.8. The SMILES string of the molecule is Cc1ccc(C)c(S(=O)(=O)N2CCN(C(=O)CNC(=O)c3ccc(Cl)cc3Cl)CC2)c1. The Hall–Kier alpha value is -2.13. The van der Waals surface area contributed by atoms with E-state index in [1.165, 1.54) is 16.4 Å². The lowest BCUT2D eigenvalue weighted by molar-refractivity contribution is -0.131. The van der Waals surface area contributed by atoms with Crippen LogP contribution in [-0.4, -0.2) is 62.2 Å². The van der Waals surface area contributed by atoms with Gasteiger partial charge in [-0.25, -0.2) is 8.42 Å². The third-order valence-electron chi connectivity index (χ3n) is 5.13. The fraction of sp³-hybridized carbons (Fsp3) is 0.333. The summed E-state index contributed by atoms with van der Waals surface area (Å²) in [7, 11) is -3.63. The Bertz CT molecular complexity index is 1110. The maximum atomic E-state index is 13.0. The van der Waals surface area contributed by atoms with E-state index in [0.717, 1.165) is 5.56 Å². The van der Waals surface area contributed by atoms with Crippen LogP contribution in [0.5, 0.6) is 0 Å². The minimum absolute atomic E-state index is 0.193. The van der Waals surface area contributed by atoms with Gasteiger partial charge in [0.15, 0.2) is 0 Å². The van der Waals surface area contributed by atoms with Gasteiger partial charge in [-0.05, 0) is 49.2 Å². The van der Waals surface area contributed by atoms with Crippen LogP contribution in [0.15, 0.2) is 41.3 Å². The highest BCUT2D eigenvalue weighted by Crippen LogP contribution is 2.23. The molecule has 2 amide bonds. The first-order chi connectivity index (χ1) is 14.6. The van der Waals surface area contributed by atoms with Crippen LogP contribution in [0.2, 0.25) is 10.0 Å². The van der Waals surface area contributed by atoms with Crippen LogP contribution < -0.4 is 5.32 Å². The molecule has 1 fully saturated rings. The van der Waals surface area contributed by atoms with Gasteiger partial charge in [0.05, 0.1) is 22.0 Å². The van der Waals surface area contributed by atoms with Crippen LogP contribution in [0, 0.1) is 13.8 Å². The van der Waals surface area contributed by atoms with Crippen molar-refractivity contribution in [2.24, 2.45) is 0 Å². The molecular weight excluding hydrogens is 461 g/mol. The first-order valence-electron chi connectivity index (χ1n) is 9.68. The molecule has 2 aromatic carbocycles. The second-order valence-electron chi connectivity index (χ2n) is 7.36. The molecule has 2 aromatic rings. The summed E-state index contributed by atoms with van der Waals surface area (Å²) in [6.07, 6.45) is 0. The number of carbonyl (C=O) groups is 2. The van der Waals surface area contributed by atoms with Crippen molar-refractivity contribution in [1.29, 1.82) is 0 Å². The highest BCUT2D eigenvalue weighted by molar-refractivity contribution is 7.89. The maximum Gasteiger partial charge on any atom is 0.253 e. The molecule has 0 bridgehead atoms. The Morgan fingerprint density at radius 3 is 2.32 bits per heavy atom. The van der Waals surface area contributed by atoms with Gasteiger partial charge < -0.3 is 10.2 Å². The molecule has 1 aliphatic heterocycles. The van der Waals surface area contributed by atoms with Gasteiger partial charge in [-0.15, -0.1) is 0 Å². The molecule has 1 N–H and O–H groups in total. The molecule has 1 heterocycles. The lowest BCUT2D eigenvalue weighted by Crippen LogP contribution is -2.52. The van der Waals surface area contributed by atoms with Gasteiger partial charge in [0, 0.05) is 31.2 Å². The Balaban J connectivity index is 1.57. The number of nitrogens with one attached hydrogen (secondary N) is 1. The molecule has 1 aliphatic rings. The number of rotatable bonds is 5. The molecule has 0 radical (unpaired) electrons. The second-order valence-corrected chi connectivity index (χ2v) is 10.1. The van der Waals surface area contributed by atoms with Crippen LogP contribution in [0.25, 0.3) is 0 Å². The number of nitrogens with zero attached hydrogens (tertiary/aromatic N) is 2. The fourth-order valence-corrected chi connectivity index (χ4v) is 5.56. The highest BCUT2D eigenvalue weighted by atomic mass is 35.5. The summed E-state index contributed by atoms with van der Waals surface area (Å²) in [6.45, 7) is 4.29. The Morgan fingerprint density at radius 1 is 1.00 bits per heavy atom. The minimum Gasteiger partial charge on any atom is -0.343 e. The van der Waals surface area contributed by atoms with Gasteiger partial charge in [0.25, 0.3) is 5.91 Å². The topological polar surface area (TPSA) is 86.8 Å². The molecule has 3 rings (SSSR count). The Labute approximate surface area is 192 Å². The average Bonchev–Trinajstić information content (AvgIpc) is 2.73. The van der Waals surface area contributed by atoms with Crippen molar-refractivity contribution in [1.82, 2.24) is 14.5 Å². The molecule has 0 unspecified atom stereocenters. The number of sulfonamides is 1. The van der Waals surface area contributed by atoms with Gasteiger partial charge in [-0.3, -0.25) is 9.59 Å². The number of hydrogen-bond donors (Lipinski definition) is 1. The zero-order valence-electron chi connectivity index (χ0n) is 17.2. The van der Waals surface area contributed by atoms with Crippen LogP contribution in [0.1, 0.15) is 21.5 Å². The number of piperazine rings is 1. The quantitative estimate of drug-likeness (QED) is 0.707. The van der Waals surface area contributed by atoms with Gasteiger partial charge in [-0.2, -0.15) is 4.31 Å². The van der Waals surface area contributed by atoms with Crippen LogP contribution in [0.3, 0.4) is 0 Å². The average molecular weight is 484 g/mol. The molecule has 0 aromatic heterocycles. The van der Waals surface area contributed by atoms with E-state index < -0.39 is 15.9 Å². The van der Waals surface area contributed by atoms with Gasteiger partial charge in [-0.1, -0.05) is 35.3 Å². The second kappa shape index (κ2) is 9.56. The molecule has 1 saturated heterocycles. The van der Waals surface area contributed by atoms with Crippen molar-refractivity contribution < 1.29 is 18.0 Å². The molecule has 10 heteroatoms. The van der Waals surface area contributed by atoms with E-state index in [9.17, 15) is 18.0 Å². The largest absolute Gasteiger partial charge is 0.343 e. The van der Waals surface area contributed by atoms with E-state index >= 15 is 0 Å². The van der Waals surface area contributed by atoms with Crippen LogP contribution in [-0.2, 0) is 14.8 Å². The number of benzene rings is 2. The Morgan fingerprint density at radius 2 is 1.68 bits per heavy atom. The molecule has 7 nitrogen and oxygen atoms in total. The summed E-state index contributed by atoms with van der Waals surface area (Å²) in [4.78, 5) is 26.6. The lowest BCUT2D eigenvalue weighted by atomic mass is 10.2. The predicted molar refractivity (Wildman–Crippen MR) is 120 cm³/mol. The standard InChI is InChI=1S/C21H23Cl2N3O4S/c1-14-3-4-15(2)19(11-14)31(29,30)26-9-7-25(8-10-26)20(27)13-24-21(28)17-6-5-16(22)12-18(17)23/h3-6,11-12H,7-10,13H2,1-2H3,(H,24,28). The van der Waals surface area contributed by atoms with E-state index in [0.29, 0.717) is 15.5 Å². The zero-order chi connectivity index (χ0) is 22.8. The number of hydrogen-bond acceptors (Lipinski definition) is 4. The number of aryl methyl sites for hydroxylation is 2. The summed E-state index contributed by atoms with van der Waals surface area (Å²) in [6, 6.07) is 9.81. The van der Waals surface area contributed by atoms with E-state index in [-0.39, 0.29) is 49.2 Å². The van der Waals surface area contributed by atoms with Crippen molar-refractivity contribution in [3.05, 3.63) is 63.1 Å². The van der Waals surface area contributed by atoms with Crippen molar-refractivity contribution in [2.75, 3.05) is 32.7 Å². The zero-order valence-corrected chi connectivity index (χ0v) is 19.5. The molecule has 166 valence electrons. The first kappa shape index (κ1) is 23.5. The molecule has 0 atom stereocenters. The first-order valence-corrected chi connectivity index (χ1v) is 11.9. The van der Waals surface area contributed by atoms with E-state index in [4.69, 9.17) is 23.2 Å². The van der Waals surface area contributed by atoms with E-state index in [1.54, 1.807) is 30.0 Å². The summed E-state index contributed by atoms with van der Waals surface area (Å²) in [5.74, 6) is -0.770. The molecule has 0 aliphatic carbocycles. The highest BCUT2D eigenvalue weighted by Gasteiger charge is 2.31. The van der Waals surface area contributed by atoms with Crippen molar-refractivity contribution >= 4 is 45.0 Å². The third-order valence-corrected chi connectivity index (χ3v) is 7.72. The van der Waals surface area contributed by atoms with E-state index in [1.807, 2.05) is 13.0 Å². The summed E-state index contributed by atoms with van der Waals surface area (Å²) < 4.78 is 27.4. The molecule has 0 saturated carbocycles. The van der Waals surface area contributed by atoms with Crippen molar-refractivity contribution in [2.45, 2.75) is 18.7 Å². The lowest BCUT2D eigenvalue weighted by Gasteiger charge is -2.34. The van der Waals surface area contributed by atoms with Crippen LogP contribution in [0.4, 0.5) is 0 Å². The monoisotopic (exact) mass is 483 g/mol. The van der Waals surface area contributed by atoms with Crippen molar-refractivity contribution in [3.63, 3.8) is 0 Å². The smallest absolute Gasteiger partial charge is 0.253 e. The predicted octanol–water partition coefficient (Wildman–Crippen LogP) is 2.87. The number of amides is 2. The summed E-state index contributed by atoms with van der Waals surface area (Å²) in [5, 5.41) is 3.15. The van der Waals surface area contributed by atoms with Gasteiger partial charge >= 0.3 is 0 Å². The summed E-state index contributed by atoms with van der Waals surface area (Å²) in [5.41, 5.74) is 1.78. The Kier molecular flexibility index (Phi) is 7.26. The van der Waals surface area contributed by atoms with Crippen LogP contribution >= 0.6 is 23.2 Å².